The summed E-state index contributed by atoms with van der Waals surface area (Å²) in [6.07, 6.45) is 5.73. The van der Waals surface area contributed by atoms with Crippen LogP contribution >= 0.6 is 11.3 Å². The Hall–Kier alpha value is -0.371. The van der Waals surface area contributed by atoms with E-state index in [1.54, 1.807) is 0 Å². The van der Waals surface area contributed by atoms with Gasteiger partial charge in [-0.2, -0.15) is 0 Å². The van der Waals surface area contributed by atoms with E-state index in [4.69, 9.17) is 4.98 Å². The van der Waals surface area contributed by atoms with Crippen LogP contribution in [0.5, 0.6) is 0 Å². The van der Waals surface area contributed by atoms with E-state index in [9.17, 15) is 0 Å². The molecule has 1 aliphatic carbocycles. The van der Waals surface area contributed by atoms with Crippen LogP contribution in [0.15, 0.2) is 24.3 Å². The average Bonchev–Trinajstić information content (AvgIpc) is 2.74. The molecule has 1 fully saturated rings. The van der Waals surface area contributed by atoms with Gasteiger partial charge in [0.25, 0.3) is 0 Å². The van der Waals surface area contributed by atoms with Crippen molar-refractivity contribution >= 4 is 40.4 Å². The first kappa shape index (κ1) is 11.7. The van der Waals surface area contributed by atoms with Crippen LogP contribution in [0.3, 0.4) is 0 Å². The predicted octanol–water partition coefficient (Wildman–Crippen LogP) is 3.62. The van der Waals surface area contributed by atoms with E-state index in [1.807, 2.05) is 11.3 Å². The number of para-hydroxylation sites is 1. The van der Waals surface area contributed by atoms with Crippen LogP contribution in [0.2, 0.25) is 4.82 Å². The van der Waals surface area contributed by atoms with E-state index in [1.165, 1.54) is 39.8 Å². The van der Waals surface area contributed by atoms with Crippen LogP contribution in [0.4, 0.5) is 0 Å². The maximum atomic E-state index is 4.79. The second-order valence-electron chi connectivity index (χ2n) is 4.87. The summed E-state index contributed by atoms with van der Waals surface area (Å²) in [5.74, 6) is 0.913. The Bertz CT molecular complexity index is 475. The zero-order valence-corrected chi connectivity index (χ0v) is 12.6. The Kier molecular flexibility index (Phi) is 3.51. The van der Waals surface area contributed by atoms with Crippen LogP contribution in [0.25, 0.3) is 10.2 Å². The third kappa shape index (κ3) is 2.57. The second kappa shape index (κ2) is 5.09. The van der Waals surface area contributed by atoms with Gasteiger partial charge in [0, 0.05) is 0 Å². The van der Waals surface area contributed by atoms with Crippen molar-refractivity contribution in [1.82, 2.24) is 4.98 Å². The zero-order valence-electron chi connectivity index (χ0n) is 10.1. The molecule has 1 aromatic carbocycles. The van der Waals surface area contributed by atoms with Crippen molar-refractivity contribution in [3.63, 3.8) is 0 Å². The molecule has 0 amide bonds. The molecule has 1 aliphatic rings. The van der Waals surface area contributed by atoms with E-state index in [2.05, 4.69) is 31.2 Å². The predicted molar refractivity (Wildman–Crippen MR) is 76.4 cm³/mol. The zero-order chi connectivity index (χ0) is 11.7. The van der Waals surface area contributed by atoms with Gasteiger partial charge in [-0.25, -0.2) is 0 Å². The number of aromatic nitrogens is 1. The molecular weight excluding hydrogens is 293 g/mol. The molecule has 3 heteroatoms. The van der Waals surface area contributed by atoms with Crippen LogP contribution < -0.4 is 3.91 Å². The van der Waals surface area contributed by atoms with Crippen LogP contribution in [-0.2, 0) is 0 Å². The molecule has 1 saturated carbocycles. The molecule has 0 bridgehead atoms. The number of fused-ring (bicyclic) bond motifs is 1. The summed E-state index contributed by atoms with van der Waals surface area (Å²) in [6, 6.07) is 8.52. The first-order valence-corrected chi connectivity index (χ1v) is 9.01. The molecule has 17 heavy (non-hydrogen) atoms. The Balaban J connectivity index is 1.79. The molecule has 0 aliphatic heterocycles. The topological polar surface area (TPSA) is 12.9 Å². The molecule has 90 valence electrons. The number of nitrogens with zero attached hydrogens (tertiary/aromatic N) is 1. The fourth-order valence-electron chi connectivity index (χ4n) is 2.49. The van der Waals surface area contributed by atoms with Gasteiger partial charge >= 0.3 is 113 Å². The first-order valence-electron chi connectivity index (χ1n) is 6.35. The molecule has 0 unspecified atom stereocenters. The van der Waals surface area contributed by atoms with Gasteiger partial charge in [-0.15, -0.1) is 0 Å². The Labute approximate surface area is 113 Å². The second-order valence-corrected chi connectivity index (χ2v) is 9.06. The van der Waals surface area contributed by atoms with Crippen molar-refractivity contribution in [3.05, 3.63) is 24.3 Å². The van der Waals surface area contributed by atoms with Gasteiger partial charge < -0.3 is 0 Å². The molecule has 0 N–H and O–H groups in total. The van der Waals surface area contributed by atoms with Gasteiger partial charge in [-0.05, 0) is 0 Å². The van der Waals surface area contributed by atoms with Crippen molar-refractivity contribution in [1.29, 1.82) is 0 Å². The number of rotatable bonds is 2. The quantitative estimate of drug-likeness (QED) is 0.772. The number of hydrogen-bond donors (Lipinski definition) is 0. The number of thiazole rings is 1. The summed E-state index contributed by atoms with van der Waals surface area (Å²) in [6.45, 7) is 2.43. The molecule has 0 radical (unpaired) electrons. The molecule has 0 saturated heterocycles. The monoisotopic (exact) mass is 311 g/mol. The van der Waals surface area contributed by atoms with Crippen molar-refractivity contribution < 1.29 is 0 Å². The summed E-state index contributed by atoms with van der Waals surface area (Å²) in [4.78, 5) is 5.72. The van der Waals surface area contributed by atoms with E-state index >= 15 is 0 Å². The summed E-state index contributed by atoms with van der Waals surface area (Å²) < 4.78 is 2.75. The molecule has 2 aromatic rings. The first-order chi connectivity index (χ1) is 8.33. The average molecular weight is 310 g/mol. The van der Waals surface area contributed by atoms with Crippen molar-refractivity contribution in [2.24, 2.45) is 5.92 Å². The van der Waals surface area contributed by atoms with Gasteiger partial charge in [0.1, 0.15) is 0 Å². The van der Waals surface area contributed by atoms with Crippen molar-refractivity contribution in [3.8, 4) is 0 Å². The fraction of sp³-hybridized carbons (Fsp3) is 0.500. The summed E-state index contributed by atoms with van der Waals surface area (Å²) in [5.41, 5.74) is 1.19. The normalized spacial score (nSPS) is 25.2. The maximum absolute atomic E-state index is 4.79. The third-order valence-electron chi connectivity index (χ3n) is 3.56. The van der Waals surface area contributed by atoms with Crippen LogP contribution in [0, 0.1) is 5.92 Å². The van der Waals surface area contributed by atoms with Gasteiger partial charge in [0.2, 0.25) is 0 Å². The molecule has 1 heterocycles. The molecular formula is C14H17NSSe. The minimum absolute atomic E-state index is 0.587. The standard InChI is InChI=1S/C14H17NSSe/c1-10-6-2-5-9-13(10)17-14-15-11-7-3-4-8-12(11)16-14/h3-4,7-8,10,13H,2,5-6,9H2,1H3/t10-,13-/m0/s1. The molecule has 2 atom stereocenters. The molecule has 0 spiro atoms. The minimum atomic E-state index is 0.587. The Morgan fingerprint density at radius 1 is 1.24 bits per heavy atom. The van der Waals surface area contributed by atoms with Gasteiger partial charge in [0.15, 0.2) is 0 Å². The Morgan fingerprint density at radius 2 is 2.06 bits per heavy atom. The number of benzene rings is 1. The van der Waals surface area contributed by atoms with Crippen LogP contribution in [0.1, 0.15) is 32.6 Å². The van der Waals surface area contributed by atoms with Crippen molar-refractivity contribution in [2.75, 3.05) is 0 Å². The summed E-state index contributed by atoms with van der Waals surface area (Å²) >= 11 is 2.50. The number of hydrogen-bond acceptors (Lipinski definition) is 2. The Morgan fingerprint density at radius 3 is 2.88 bits per heavy atom. The van der Waals surface area contributed by atoms with E-state index in [-0.39, 0.29) is 0 Å². The van der Waals surface area contributed by atoms with Crippen molar-refractivity contribution in [2.45, 2.75) is 37.4 Å². The van der Waals surface area contributed by atoms with E-state index in [0.29, 0.717) is 15.0 Å². The van der Waals surface area contributed by atoms with Crippen LogP contribution in [-0.4, -0.2) is 19.9 Å². The summed E-state index contributed by atoms with van der Waals surface area (Å²) in [5, 5.41) is 0. The third-order valence-corrected chi connectivity index (χ3v) is 8.13. The van der Waals surface area contributed by atoms with Gasteiger partial charge in [0.05, 0.1) is 0 Å². The van der Waals surface area contributed by atoms with Gasteiger partial charge in [-0.1, -0.05) is 0 Å². The SMILES string of the molecule is C[C@H]1CCCC[C@@H]1[Se]c1nc2ccccc2s1. The molecule has 1 nitrogen and oxygen atoms in total. The molecule has 3 rings (SSSR count). The van der Waals surface area contributed by atoms with E-state index in [0.717, 1.165) is 10.7 Å². The van der Waals surface area contributed by atoms with E-state index < -0.39 is 0 Å². The molecule has 1 aromatic heterocycles. The fourth-order valence-corrected chi connectivity index (χ4v) is 6.97. The summed E-state index contributed by atoms with van der Waals surface area (Å²) in [7, 11) is 0. The van der Waals surface area contributed by atoms with Gasteiger partial charge in [-0.3, -0.25) is 0 Å².